The first-order valence-corrected chi connectivity index (χ1v) is 12.6. The van der Waals surface area contributed by atoms with Crippen molar-refractivity contribution in [2.75, 3.05) is 19.8 Å². The first-order valence-electron chi connectivity index (χ1n) is 12.6. The van der Waals surface area contributed by atoms with E-state index in [-0.39, 0.29) is 38.6 Å². The van der Waals surface area contributed by atoms with Crippen LogP contribution >= 0.6 is 0 Å². The molecule has 2 atom stereocenters. The van der Waals surface area contributed by atoms with Crippen LogP contribution in [0, 0.1) is 0 Å². The lowest BCUT2D eigenvalue weighted by molar-refractivity contribution is -0.136. The molecule has 2 bridgehead atoms. The Morgan fingerprint density at radius 2 is 1.54 bits per heavy atom. The Balaban J connectivity index is 1.30. The second-order valence-electron chi connectivity index (χ2n) is 11.0. The van der Waals surface area contributed by atoms with Crippen LogP contribution in [0.4, 0.5) is 9.59 Å². The number of benzene rings is 2. The van der Waals surface area contributed by atoms with Gasteiger partial charge in [-0.25, -0.2) is 9.59 Å². The van der Waals surface area contributed by atoms with Crippen LogP contribution in [0.5, 0.6) is 0 Å². The van der Waals surface area contributed by atoms with E-state index in [2.05, 4.69) is 17.4 Å². The van der Waals surface area contributed by atoms with Crippen LogP contribution in [-0.2, 0) is 19.0 Å². The summed E-state index contributed by atoms with van der Waals surface area (Å²) >= 11 is 0. The molecule has 2 saturated heterocycles. The Bertz CT molecular complexity index is 1160. The summed E-state index contributed by atoms with van der Waals surface area (Å²) in [4.78, 5) is 40.3. The Morgan fingerprint density at radius 3 is 2.05 bits per heavy atom. The topological polar surface area (TPSA) is 120 Å². The van der Waals surface area contributed by atoms with E-state index in [0.717, 1.165) is 22.3 Å². The van der Waals surface area contributed by atoms with E-state index >= 15 is 0 Å². The third-order valence-electron chi connectivity index (χ3n) is 7.34. The van der Waals surface area contributed by atoms with Gasteiger partial charge in [0.05, 0.1) is 25.3 Å². The lowest BCUT2D eigenvalue weighted by Gasteiger charge is -2.51. The van der Waals surface area contributed by atoms with Crippen LogP contribution < -0.4 is 11.1 Å². The van der Waals surface area contributed by atoms with Gasteiger partial charge in [-0.3, -0.25) is 9.69 Å². The van der Waals surface area contributed by atoms with Crippen molar-refractivity contribution in [1.82, 2.24) is 10.2 Å². The molecule has 1 aliphatic carbocycles. The third-order valence-corrected chi connectivity index (χ3v) is 7.34. The van der Waals surface area contributed by atoms with E-state index in [4.69, 9.17) is 19.9 Å². The van der Waals surface area contributed by atoms with E-state index in [1.165, 1.54) is 0 Å². The Hall–Kier alpha value is -3.59. The molecule has 37 heavy (non-hydrogen) atoms. The number of amides is 3. The fourth-order valence-corrected chi connectivity index (χ4v) is 5.81. The SMILES string of the molecule is CC(C)(C)OC(=O)N1C2COCC1CC(NC(=O)OCC1c3ccccc3-c3ccccc31)(C(N)=O)C2. The van der Waals surface area contributed by atoms with Crippen LogP contribution in [0.15, 0.2) is 48.5 Å². The second-order valence-corrected chi connectivity index (χ2v) is 11.0. The van der Waals surface area contributed by atoms with Gasteiger partial charge in [-0.15, -0.1) is 0 Å². The molecule has 0 spiro atoms. The molecule has 2 aliphatic heterocycles. The van der Waals surface area contributed by atoms with Crippen LogP contribution in [0.3, 0.4) is 0 Å². The van der Waals surface area contributed by atoms with Gasteiger partial charge in [-0.05, 0) is 43.0 Å². The number of ether oxygens (including phenoxy) is 3. The molecule has 196 valence electrons. The standard InChI is InChI=1S/C28H33N3O6/c1-27(2,3)37-26(34)31-17-12-28(24(29)32,13-18(31)15-35-14-17)30-25(33)36-16-23-21-10-6-4-8-19(21)20-9-5-7-11-22(20)23/h4-11,17-18,23H,12-16H2,1-3H3,(H2,29,32)(H,30,33). The summed E-state index contributed by atoms with van der Waals surface area (Å²) in [6.45, 7) is 5.96. The van der Waals surface area contributed by atoms with Gasteiger partial charge in [0.1, 0.15) is 17.7 Å². The van der Waals surface area contributed by atoms with Crippen molar-refractivity contribution >= 4 is 18.1 Å². The van der Waals surface area contributed by atoms with Gasteiger partial charge in [-0.1, -0.05) is 48.5 Å². The molecule has 0 saturated carbocycles. The summed E-state index contributed by atoms with van der Waals surface area (Å²) in [5.74, 6) is -0.772. The summed E-state index contributed by atoms with van der Waals surface area (Å²) in [6, 6.07) is 15.2. The molecule has 9 heteroatoms. The largest absolute Gasteiger partial charge is 0.449 e. The lowest BCUT2D eigenvalue weighted by Crippen LogP contribution is -2.71. The minimum absolute atomic E-state index is 0.107. The highest BCUT2D eigenvalue weighted by atomic mass is 16.6. The van der Waals surface area contributed by atoms with Gasteiger partial charge in [0.25, 0.3) is 0 Å². The fourth-order valence-electron chi connectivity index (χ4n) is 5.81. The Labute approximate surface area is 216 Å². The Morgan fingerprint density at radius 1 is 1.00 bits per heavy atom. The smallest absolute Gasteiger partial charge is 0.410 e. The number of nitrogens with zero attached hydrogens (tertiary/aromatic N) is 1. The van der Waals surface area contributed by atoms with Crippen molar-refractivity contribution in [3.63, 3.8) is 0 Å². The zero-order valence-electron chi connectivity index (χ0n) is 21.4. The maximum atomic E-state index is 13.0. The van der Waals surface area contributed by atoms with E-state index in [1.54, 1.807) is 25.7 Å². The van der Waals surface area contributed by atoms with Crippen molar-refractivity contribution in [1.29, 1.82) is 0 Å². The van der Waals surface area contributed by atoms with E-state index in [9.17, 15) is 14.4 Å². The van der Waals surface area contributed by atoms with Crippen molar-refractivity contribution in [3.8, 4) is 11.1 Å². The van der Waals surface area contributed by atoms with Crippen molar-refractivity contribution in [3.05, 3.63) is 59.7 Å². The van der Waals surface area contributed by atoms with E-state index in [1.807, 2.05) is 36.4 Å². The summed E-state index contributed by atoms with van der Waals surface area (Å²) in [5.41, 5.74) is 8.26. The number of carbonyl (C=O) groups is 3. The molecule has 0 aromatic heterocycles. The van der Waals surface area contributed by atoms with Gasteiger partial charge in [0.15, 0.2) is 0 Å². The molecule has 5 rings (SSSR count). The molecule has 2 aromatic rings. The molecule has 2 aromatic carbocycles. The van der Waals surface area contributed by atoms with Gasteiger partial charge >= 0.3 is 12.2 Å². The lowest BCUT2D eigenvalue weighted by atomic mass is 9.78. The van der Waals surface area contributed by atoms with E-state index < -0.39 is 41.3 Å². The molecule has 3 aliphatic rings. The van der Waals surface area contributed by atoms with Crippen LogP contribution in [-0.4, -0.2) is 66.0 Å². The summed E-state index contributed by atoms with van der Waals surface area (Å²) in [5, 5.41) is 2.77. The number of morpholine rings is 1. The Kier molecular flexibility index (Phi) is 6.35. The number of alkyl carbamates (subject to hydrolysis) is 1. The predicted molar refractivity (Wildman–Crippen MR) is 136 cm³/mol. The van der Waals surface area contributed by atoms with Crippen molar-refractivity contribution in [2.45, 2.75) is 62.8 Å². The minimum Gasteiger partial charge on any atom is -0.449 e. The van der Waals surface area contributed by atoms with Gasteiger partial charge in [-0.2, -0.15) is 0 Å². The molecular weight excluding hydrogens is 474 g/mol. The number of primary amides is 1. The average molecular weight is 508 g/mol. The van der Waals surface area contributed by atoms with Crippen molar-refractivity contribution in [2.24, 2.45) is 5.73 Å². The van der Waals surface area contributed by atoms with Gasteiger partial charge in [0.2, 0.25) is 5.91 Å². The van der Waals surface area contributed by atoms with Crippen LogP contribution in [0.2, 0.25) is 0 Å². The maximum absolute atomic E-state index is 13.0. The molecular formula is C28H33N3O6. The number of fused-ring (bicyclic) bond motifs is 5. The van der Waals surface area contributed by atoms with Crippen LogP contribution in [0.1, 0.15) is 50.7 Å². The highest BCUT2D eigenvalue weighted by Gasteiger charge is 2.53. The monoisotopic (exact) mass is 507 g/mol. The molecule has 2 fully saturated rings. The zero-order chi connectivity index (χ0) is 26.4. The summed E-state index contributed by atoms with van der Waals surface area (Å²) in [6.07, 6.45) is -0.958. The molecule has 9 nitrogen and oxygen atoms in total. The number of piperidine rings is 1. The normalized spacial score (nSPS) is 24.6. The highest BCUT2D eigenvalue weighted by molar-refractivity contribution is 5.89. The number of nitrogens with two attached hydrogens (primary N) is 1. The van der Waals surface area contributed by atoms with Gasteiger partial charge in [0, 0.05) is 18.8 Å². The summed E-state index contributed by atoms with van der Waals surface area (Å²) < 4.78 is 16.9. The zero-order valence-corrected chi connectivity index (χ0v) is 21.4. The number of rotatable bonds is 4. The van der Waals surface area contributed by atoms with Crippen molar-refractivity contribution < 1.29 is 28.6 Å². The fraction of sp³-hybridized carbons (Fsp3) is 0.464. The third kappa shape index (κ3) is 4.75. The maximum Gasteiger partial charge on any atom is 0.410 e. The minimum atomic E-state index is -1.36. The van der Waals surface area contributed by atoms with Gasteiger partial charge < -0.3 is 25.3 Å². The molecule has 0 radical (unpaired) electrons. The predicted octanol–water partition coefficient (Wildman–Crippen LogP) is 3.55. The first kappa shape index (κ1) is 25.1. The summed E-state index contributed by atoms with van der Waals surface area (Å²) in [7, 11) is 0. The highest BCUT2D eigenvalue weighted by Crippen LogP contribution is 2.44. The average Bonchev–Trinajstić information content (AvgIpc) is 3.14. The second kappa shape index (κ2) is 9.37. The molecule has 3 amide bonds. The number of hydrogen-bond donors (Lipinski definition) is 2. The first-order chi connectivity index (χ1) is 17.6. The van der Waals surface area contributed by atoms with Crippen LogP contribution in [0.25, 0.3) is 11.1 Å². The molecule has 3 N–H and O–H groups in total. The molecule has 2 heterocycles. The number of nitrogens with one attached hydrogen (secondary N) is 1. The molecule has 2 unspecified atom stereocenters. The van der Waals surface area contributed by atoms with E-state index in [0.29, 0.717) is 0 Å². The number of carbonyl (C=O) groups excluding carboxylic acids is 3. The quantitative estimate of drug-likeness (QED) is 0.653. The number of hydrogen-bond acceptors (Lipinski definition) is 6.